The van der Waals surface area contributed by atoms with Gasteiger partial charge in [-0.05, 0) is 37.6 Å². The van der Waals surface area contributed by atoms with Gasteiger partial charge in [-0.2, -0.15) is 0 Å². The summed E-state index contributed by atoms with van der Waals surface area (Å²) in [6.45, 7) is 6.73. The van der Waals surface area contributed by atoms with E-state index in [1.54, 1.807) is 6.92 Å². The molecule has 10 heteroatoms. The third-order valence-corrected chi connectivity index (χ3v) is 4.99. The van der Waals surface area contributed by atoms with Crippen LogP contribution >= 0.6 is 0 Å². The van der Waals surface area contributed by atoms with Crippen molar-refractivity contribution in [3.63, 3.8) is 0 Å². The highest BCUT2D eigenvalue weighted by atomic mass is 19.1. The average Bonchev–Trinajstić information content (AvgIpc) is 3.13. The van der Waals surface area contributed by atoms with Crippen molar-refractivity contribution >= 4 is 23.3 Å². The zero-order valence-electron chi connectivity index (χ0n) is 16.0. The number of nitro groups is 1. The smallest absolute Gasteiger partial charge is 0.334 e. The SMILES string of the molecule is C=C(C(=O)OCC)C1(Cc2onc(C)c2[N+](=O)[O-])C(=O)N(C)c2ccc(F)cc21. The van der Waals surface area contributed by atoms with Gasteiger partial charge in [0.1, 0.15) is 11.2 Å². The molecule has 0 N–H and O–H groups in total. The highest BCUT2D eigenvalue weighted by molar-refractivity contribution is 6.15. The van der Waals surface area contributed by atoms with E-state index in [4.69, 9.17) is 9.26 Å². The molecule has 0 spiro atoms. The van der Waals surface area contributed by atoms with E-state index in [9.17, 15) is 24.1 Å². The third-order valence-electron chi connectivity index (χ3n) is 4.99. The predicted molar refractivity (Wildman–Crippen MR) is 98.9 cm³/mol. The summed E-state index contributed by atoms with van der Waals surface area (Å²) in [6, 6.07) is 3.67. The van der Waals surface area contributed by atoms with Gasteiger partial charge in [0, 0.05) is 19.2 Å². The Morgan fingerprint density at radius 3 is 2.79 bits per heavy atom. The number of anilines is 1. The third kappa shape index (κ3) is 2.96. The summed E-state index contributed by atoms with van der Waals surface area (Å²) in [5, 5.41) is 15.1. The average molecular weight is 403 g/mol. The van der Waals surface area contributed by atoms with Crippen LogP contribution in [0.2, 0.25) is 0 Å². The number of benzene rings is 1. The van der Waals surface area contributed by atoms with Gasteiger partial charge in [-0.15, -0.1) is 0 Å². The summed E-state index contributed by atoms with van der Waals surface area (Å²) in [6.07, 6.45) is -0.443. The van der Waals surface area contributed by atoms with Crippen LogP contribution in [0.1, 0.15) is 23.9 Å². The largest absolute Gasteiger partial charge is 0.463 e. The van der Waals surface area contributed by atoms with Gasteiger partial charge in [0.25, 0.3) is 0 Å². The first kappa shape index (κ1) is 20.2. The Kier molecular flexibility index (Phi) is 4.95. The molecule has 3 rings (SSSR count). The monoisotopic (exact) mass is 403 g/mol. The van der Waals surface area contributed by atoms with Gasteiger partial charge in [0.05, 0.1) is 17.1 Å². The zero-order chi connectivity index (χ0) is 21.5. The molecule has 0 saturated carbocycles. The number of ether oxygens (including phenoxy) is 1. The molecule has 0 aliphatic carbocycles. The predicted octanol–water partition coefficient (Wildman–Crippen LogP) is 2.61. The van der Waals surface area contributed by atoms with Crippen LogP contribution in [0.5, 0.6) is 0 Å². The molecule has 2 aromatic rings. The topological polar surface area (TPSA) is 116 Å². The van der Waals surface area contributed by atoms with Crippen molar-refractivity contribution in [2.45, 2.75) is 25.7 Å². The molecular weight excluding hydrogens is 385 g/mol. The lowest BCUT2D eigenvalue weighted by Crippen LogP contribution is -2.44. The second-order valence-corrected chi connectivity index (χ2v) is 6.60. The lowest BCUT2D eigenvalue weighted by molar-refractivity contribution is -0.386. The number of amides is 1. The summed E-state index contributed by atoms with van der Waals surface area (Å²) in [4.78, 5) is 37.9. The highest BCUT2D eigenvalue weighted by Gasteiger charge is 2.56. The van der Waals surface area contributed by atoms with Crippen LogP contribution in [0.25, 0.3) is 0 Å². The summed E-state index contributed by atoms with van der Waals surface area (Å²) in [5.41, 5.74) is -2.02. The molecule has 0 fully saturated rings. The number of halogens is 1. The Bertz CT molecular complexity index is 1050. The normalized spacial score (nSPS) is 17.9. The number of esters is 1. The molecule has 2 heterocycles. The zero-order valence-corrected chi connectivity index (χ0v) is 16.0. The maximum Gasteiger partial charge on any atom is 0.334 e. The molecule has 0 radical (unpaired) electrons. The molecule has 1 aliphatic rings. The van der Waals surface area contributed by atoms with E-state index in [1.165, 1.54) is 31.0 Å². The van der Waals surface area contributed by atoms with Gasteiger partial charge >= 0.3 is 11.7 Å². The van der Waals surface area contributed by atoms with Gasteiger partial charge in [0.15, 0.2) is 5.69 Å². The number of hydrogen-bond acceptors (Lipinski definition) is 7. The summed E-state index contributed by atoms with van der Waals surface area (Å²) < 4.78 is 24.2. The minimum absolute atomic E-state index is 0.0140. The van der Waals surface area contributed by atoms with Crippen LogP contribution < -0.4 is 4.90 Å². The Morgan fingerprint density at radius 1 is 1.48 bits per heavy atom. The Hall–Kier alpha value is -3.56. The summed E-state index contributed by atoms with van der Waals surface area (Å²) >= 11 is 0. The Morgan fingerprint density at radius 2 is 2.17 bits per heavy atom. The van der Waals surface area contributed by atoms with E-state index in [1.807, 2.05) is 0 Å². The fraction of sp³-hybridized carbons (Fsp3) is 0.316. The number of carbonyl (C=O) groups excluding carboxylic acids is 2. The first-order valence-corrected chi connectivity index (χ1v) is 8.69. The van der Waals surface area contributed by atoms with Crippen molar-refractivity contribution in [1.29, 1.82) is 0 Å². The van der Waals surface area contributed by atoms with Crippen LogP contribution in [0.3, 0.4) is 0 Å². The van der Waals surface area contributed by atoms with E-state index in [0.29, 0.717) is 5.69 Å². The van der Waals surface area contributed by atoms with Crippen LogP contribution in [-0.2, 0) is 26.2 Å². The van der Waals surface area contributed by atoms with E-state index < -0.39 is 40.1 Å². The lowest BCUT2D eigenvalue weighted by atomic mass is 9.72. The summed E-state index contributed by atoms with van der Waals surface area (Å²) in [5.74, 6) is -2.35. The molecule has 9 nitrogen and oxygen atoms in total. The van der Waals surface area contributed by atoms with Crippen LogP contribution in [0.4, 0.5) is 15.8 Å². The molecule has 1 aliphatic heterocycles. The minimum atomic E-state index is -1.84. The van der Waals surface area contributed by atoms with Crippen LogP contribution in [0, 0.1) is 22.9 Å². The van der Waals surface area contributed by atoms with Crippen molar-refractivity contribution in [1.82, 2.24) is 5.16 Å². The van der Waals surface area contributed by atoms with Crippen molar-refractivity contribution in [2.75, 3.05) is 18.6 Å². The number of carbonyl (C=O) groups is 2. The van der Waals surface area contributed by atoms with E-state index >= 15 is 0 Å². The standard InChI is InChI=1S/C19H18FN3O6/c1-5-28-17(24)10(2)19(9-15-16(23(26)27)11(3)21-29-15)13-8-12(20)6-7-14(13)22(4)18(19)25/h6-8H,2,5,9H2,1,3-4H3. The van der Waals surface area contributed by atoms with Crippen LogP contribution in [0.15, 0.2) is 34.9 Å². The quantitative estimate of drug-likeness (QED) is 0.315. The van der Waals surface area contributed by atoms with Crippen molar-refractivity contribution in [3.8, 4) is 0 Å². The molecule has 1 unspecified atom stereocenters. The fourth-order valence-electron chi connectivity index (χ4n) is 3.62. The number of rotatable bonds is 6. The molecule has 152 valence electrons. The molecule has 1 amide bonds. The maximum atomic E-state index is 14.1. The second kappa shape index (κ2) is 7.12. The fourth-order valence-corrected chi connectivity index (χ4v) is 3.62. The number of likely N-dealkylation sites (N-methyl/N-ethyl adjacent to an activating group) is 1. The van der Waals surface area contributed by atoms with E-state index in [0.717, 1.165) is 6.07 Å². The van der Waals surface area contributed by atoms with Gasteiger partial charge in [-0.25, -0.2) is 9.18 Å². The van der Waals surface area contributed by atoms with E-state index in [2.05, 4.69) is 11.7 Å². The maximum absolute atomic E-state index is 14.1. The van der Waals surface area contributed by atoms with E-state index in [-0.39, 0.29) is 29.2 Å². The lowest BCUT2D eigenvalue weighted by Gasteiger charge is -2.28. The highest BCUT2D eigenvalue weighted by Crippen LogP contribution is 2.49. The molecule has 0 bridgehead atoms. The molecule has 1 aromatic heterocycles. The number of aryl methyl sites for hydroxylation is 1. The molecule has 1 atom stereocenters. The van der Waals surface area contributed by atoms with Crippen molar-refractivity contribution in [3.05, 3.63) is 63.3 Å². The number of hydrogen-bond donors (Lipinski definition) is 0. The summed E-state index contributed by atoms with van der Waals surface area (Å²) in [7, 11) is 1.46. The van der Waals surface area contributed by atoms with Gasteiger partial charge in [-0.3, -0.25) is 14.9 Å². The Balaban J connectivity index is 2.27. The molecular formula is C19H18FN3O6. The van der Waals surface area contributed by atoms with Crippen molar-refractivity contribution in [2.24, 2.45) is 0 Å². The van der Waals surface area contributed by atoms with Crippen molar-refractivity contribution < 1.29 is 28.2 Å². The first-order valence-electron chi connectivity index (χ1n) is 8.69. The van der Waals surface area contributed by atoms with Gasteiger partial charge < -0.3 is 14.2 Å². The second-order valence-electron chi connectivity index (χ2n) is 6.60. The van der Waals surface area contributed by atoms with Gasteiger partial charge in [0.2, 0.25) is 11.7 Å². The van der Waals surface area contributed by atoms with Gasteiger partial charge in [-0.1, -0.05) is 11.7 Å². The number of aromatic nitrogens is 1. The molecule has 0 saturated heterocycles. The minimum Gasteiger partial charge on any atom is -0.463 e. The van der Waals surface area contributed by atoms with Crippen LogP contribution in [-0.4, -0.2) is 35.6 Å². The molecule has 1 aromatic carbocycles. The number of nitrogens with zero attached hydrogens (tertiary/aromatic N) is 3. The first-order chi connectivity index (χ1) is 13.6. The number of fused-ring (bicyclic) bond motifs is 1. The molecule has 29 heavy (non-hydrogen) atoms. The Labute approximate surface area is 164 Å².